The van der Waals surface area contributed by atoms with Crippen LogP contribution in [0.15, 0.2) is 48.5 Å². The number of likely N-dealkylation sites (N-methyl/N-ethyl adjacent to an activating group) is 1. The van der Waals surface area contributed by atoms with E-state index in [1.54, 1.807) is 42.3 Å². The normalized spacial score (nSPS) is 10.6. The summed E-state index contributed by atoms with van der Waals surface area (Å²) in [7, 11) is 4.75. The fourth-order valence-electron chi connectivity index (χ4n) is 3.59. The molecule has 2 N–H and O–H groups in total. The SMILES string of the molecule is COc1ccc(C(=O)NCC(=O)N(C)CCCCCc2cc(-c3ccc(F)cc3)n[nH]2)cc1OC. The van der Waals surface area contributed by atoms with Crippen LogP contribution in [0.1, 0.15) is 35.3 Å². The minimum Gasteiger partial charge on any atom is -0.493 e. The van der Waals surface area contributed by atoms with E-state index in [2.05, 4.69) is 15.5 Å². The molecule has 3 aromatic rings. The van der Waals surface area contributed by atoms with Crippen LogP contribution >= 0.6 is 0 Å². The molecule has 186 valence electrons. The molecule has 3 rings (SSSR count). The van der Waals surface area contributed by atoms with Crippen molar-refractivity contribution in [3.8, 4) is 22.8 Å². The molecule has 0 aliphatic rings. The molecule has 2 amide bonds. The largest absolute Gasteiger partial charge is 0.493 e. The Morgan fingerprint density at radius 2 is 1.74 bits per heavy atom. The second-order valence-electron chi connectivity index (χ2n) is 8.16. The highest BCUT2D eigenvalue weighted by atomic mass is 19.1. The van der Waals surface area contributed by atoms with Crippen LogP contribution in [0.3, 0.4) is 0 Å². The maximum atomic E-state index is 13.1. The molecule has 0 aliphatic carbocycles. The summed E-state index contributed by atoms with van der Waals surface area (Å²) in [5, 5.41) is 9.97. The number of benzene rings is 2. The number of hydrogen-bond acceptors (Lipinski definition) is 5. The lowest BCUT2D eigenvalue weighted by Crippen LogP contribution is -2.38. The Morgan fingerprint density at radius 1 is 1.00 bits per heavy atom. The van der Waals surface area contributed by atoms with Gasteiger partial charge in [0.2, 0.25) is 5.91 Å². The fraction of sp³-hybridized carbons (Fsp3) is 0.346. The van der Waals surface area contributed by atoms with Gasteiger partial charge in [0.05, 0.1) is 26.5 Å². The highest BCUT2D eigenvalue weighted by Gasteiger charge is 2.14. The zero-order valence-electron chi connectivity index (χ0n) is 20.3. The number of nitrogens with one attached hydrogen (secondary N) is 2. The minimum atomic E-state index is -0.354. The minimum absolute atomic E-state index is 0.0794. The van der Waals surface area contributed by atoms with Crippen molar-refractivity contribution in [1.29, 1.82) is 0 Å². The Kier molecular flexibility index (Phi) is 9.23. The van der Waals surface area contributed by atoms with Gasteiger partial charge in [-0.3, -0.25) is 14.7 Å². The Balaban J connectivity index is 1.35. The van der Waals surface area contributed by atoms with Gasteiger partial charge < -0.3 is 19.7 Å². The quantitative estimate of drug-likeness (QED) is 0.383. The molecule has 1 aromatic heterocycles. The molecular weight excluding hydrogens is 451 g/mol. The number of ether oxygens (including phenoxy) is 2. The van der Waals surface area contributed by atoms with E-state index >= 15 is 0 Å². The second kappa shape index (κ2) is 12.5. The lowest BCUT2D eigenvalue weighted by molar-refractivity contribution is -0.128. The second-order valence-corrected chi connectivity index (χ2v) is 8.16. The lowest BCUT2D eigenvalue weighted by atomic mass is 10.1. The maximum Gasteiger partial charge on any atom is 0.251 e. The van der Waals surface area contributed by atoms with E-state index < -0.39 is 0 Å². The Morgan fingerprint density at radius 3 is 2.46 bits per heavy atom. The van der Waals surface area contributed by atoms with Gasteiger partial charge in [0.1, 0.15) is 5.82 Å². The van der Waals surface area contributed by atoms with Crippen molar-refractivity contribution in [3.63, 3.8) is 0 Å². The first-order valence-corrected chi connectivity index (χ1v) is 11.5. The van der Waals surface area contributed by atoms with Gasteiger partial charge in [0.25, 0.3) is 5.91 Å². The Hall–Kier alpha value is -3.88. The molecule has 9 heteroatoms. The summed E-state index contributed by atoms with van der Waals surface area (Å²) in [5.41, 5.74) is 3.07. The zero-order chi connectivity index (χ0) is 25.2. The van der Waals surface area contributed by atoms with Crippen LogP contribution in [0.2, 0.25) is 0 Å². The summed E-state index contributed by atoms with van der Waals surface area (Å²) in [6, 6.07) is 13.1. The van der Waals surface area contributed by atoms with Gasteiger partial charge in [-0.1, -0.05) is 6.42 Å². The highest BCUT2D eigenvalue weighted by molar-refractivity contribution is 5.97. The number of methoxy groups -OCH3 is 2. The summed E-state index contributed by atoms with van der Waals surface area (Å²) in [5.74, 6) is 0.197. The molecule has 0 radical (unpaired) electrons. The molecule has 0 bridgehead atoms. The fourth-order valence-corrected chi connectivity index (χ4v) is 3.59. The third kappa shape index (κ3) is 7.30. The number of amides is 2. The van der Waals surface area contributed by atoms with Gasteiger partial charge in [-0.25, -0.2) is 4.39 Å². The number of rotatable bonds is 12. The van der Waals surface area contributed by atoms with E-state index in [1.165, 1.54) is 26.4 Å². The van der Waals surface area contributed by atoms with Crippen molar-refractivity contribution in [2.45, 2.75) is 25.7 Å². The third-order valence-electron chi connectivity index (χ3n) is 5.68. The summed E-state index contributed by atoms with van der Waals surface area (Å²) in [4.78, 5) is 26.4. The molecular formula is C26H31FN4O4. The van der Waals surface area contributed by atoms with E-state index in [0.717, 1.165) is 42.6 Å². The molecule has 0 fully saturated rings. The number of carbonyl (C=O) groups excluding carboxylic acids is 2. The van der Waals surface area contributed by atoms with Gasteiger partial charge in [-0.2, -0.15) is 5.10 Å². The van der Waals surface area contributed by atoms with Crippen molar-refractivity contribution in [2.24, 2.45) is 0 Å². The first kappa shape index (κ1) is 25.7. The van der Waals surface area contributed by atoms with Gasteiger partial charge in [-0.15, -0.1) is 0 Å². The molecule has 8 nitrogen and oxygen atoms in total. The van der Waals surface area contributed by atoms with Crippen molar-refractivity contribution >= 4 is 11.8 Å². The van der Waals surface area contributed by atoms with Crippen molar-refractivity contribution < 1.29 is 23.5 Å². The van der Waals surface area contributed by atoms with Crippen LogP contribution < -0.4 is 14.8 Å². The molecule has 35 heavy (non-hydrogen) atoms. The van der Waals surface area contributed by atoms with Crippen LogP contribution in [-0.4, -0.2) is 61.3 Å². The zero-order valence-corrected chi connectivity index (χ0v) is 20.3. The summed E-state index contributed by atoms with van der Waals surface area (Å²) >= 11 is 0. The van der Waals surface area contributed by atoms with E-state index in [1.807, 2.05) is 6.07 Å². The first-order chi connectivity index (χ1) is 16.9. The van der Waals surface area contributed by atoms with Crippen LogP contribution in [0.4, 0.5) is 4.39 Å². The monoisotopic (exact) mass is 482 g/mol. The highest BCUT2D eigenvalue weighted by Crippen LogP contribution is 2.27. The molecule has 2 aromatic carbocycles. The number of halogens is 1. The third-order valence-corrected chi connectivity index (χ3v) is 5.68. The predicted octanol–water partition coefficient (Wildman–Crippen LogP) is 3.83. The average Bonchev–Trinajstić information content (AvgIpc) is 3.35. The number of hydrogen-bond donors (Lipinski definition) is 2. The molecule has 0 aliphatic heterocycles. The standard InChI is InChI=1S/C26H31FN4O4/c1-31(25(32)17-28-26(33)19-10-13-23(34-2)24(15-19)35-3)14-6-4-5-7-21-16-22(30-29-21)18-8-11-20(27)12-9-18/h8-13,15-16H,4-7,14,17H2,1-3H3,(H,28,33)(H,29,30). The Bertz CT molecular complexity index is 1130. The molecule has 0 unspecified atom stereocenters. The lowest BCUT2D eigenvalue weighted by Gasteiger charge is -2.17. The summed E-state index contributed by atoms with van der Waals surface area (Å²) in [6.07, 6.45) is 3.59. The van der Waals surface area contributed by atoms with Crippen molar-refractivity contribution in [1.82, 2.24) is 20.4 Å². The molecule has 0 saturated heterocycles. The van der Waals surface area contributed by atoms with Crippen LogP contribution in [0.25, 0.3) is 11.3 Å². The summed E-state index contributed by atoms with van der Waals surface area (Å²) < 4.78 is 23.5. The number of H-pyrrole nitrogens is 1. The van der Waals surface area contributed by atoms with Gasteiger partial charge in [-0.05, 0) is 67.8 Å². The molecule has 0 spiro atoms. The molecule has 1 heterocycles. The van der Waals surface area contributed by atoms with E-state index in [0.29, 0.717) is 23.6 Å². The van der Waals surface area contributed by atoms with Crippen LogP contribution in [0.5, 0.6) is 11.5 Å². The van der Waals surface area contributed by atoms with Gasteiger partial charge >= 0.3 is 0 Å². The van der Waals surface area contributed by atoms with Crippen molar-refractivity contribution in [2.75, 3.05) is 34.4 Å². The van der Waals surface area contributed by atoms with E-state index in [9.17, 15) is 14.0 Å². The Labute approximate surface area is 204 Å². The van der Waals surface area contributed by atoms with Gasteiger partial charge in [0, 0.05) is 30.4 Å². The van der Waals surface area contributed by atoms with Crippen molar-refractivity contribution in [3.05, 3.63) is 65.6 Å². The predicted molar refractivity (Wildman–Crippen MR) is 131 cm³/mol. The smallest absolute Gasteiger partial charge is 0.251 e. The number of aryl methyl sites for hydroxylation is 1. The molecule has 0 saturated carbocycles. The van der Waals surface area contributed by atoms with E-state index in [-0.39, 0.29) is 24.2 Å². The van der Waals surface area contributed by atoms with Crippen LogP contribution in [0, 0.1) is 5.82 Å². The number of aromatic amines is 1. The maximum absolute atomic E-state index is 13.1. The number of carbonyl (C=O) groups is 2. The van der Waals surface area contributed by atoms with Gasteiger partial charge in [0.15, 0.2) is 11.5 Å². The topological polar surface area (TPSA) is 96.5 Å². The number of aromatic nitrogens is 2. The molecule has 0 atom stereocenters. The number of nitrogens with zero attached hydrogens (tertiary/aromatic N) is 2. The van der Waals surface area contributed by atoms with E-state index in [4.69, 9.17) is 9.47 Å². The summed E-state index contributed by atoms with van der Waals surface area (Å²) in [6.45, 7) is 0.527. The van der Waals surface area contributed by atoms with Crippen LogP contribution in [-0.2, 0) is 11.2 Å². The average molecular weight is 483 g/mol. The number of unbranched alkanes of at least 4 members (excludes halogenated alkanes) is 2. The first-order valence-electron chi connectivity index (χ1n) is 11.5.